The second-order valence-electron chi connectivity index (χ2n) is 4.18. The van der Waals surface area contributed by atoms with Crippen LogP contribution in [0.15, 0.2) is 41.0 Å². The number of rotatable bonds is 3. The first kappa shape index (κ1) is 13.8. The van der Waals surface area contributed by atoms with Gasteiger partial charge in [0.1, 0.15) is 11.5 Å². The number of nitrogens with zero attached hydrogens (tertiary/aromatic N) is 2. The molecule has 0 radical (unpaired) electrons. The first-order valence-corrected chi connectivity index (χ1v) is 6.71. The zero-order chi connectivity index (χ0) is 14.0. The van der Waals surface area contributed by atoms with Gasteiger partial charge in [0, 0.05) is 29.9 Å². The fraction of sp³-hybridized carbons (Fsp3) is 0.214. The largest absolute Gasteiger partial charge is 0.345 e. The van der Waals surface area contributed by atoms with Crippen molar-refractivity contribution >= 4 is 27.5 Å². The Morgan fingerprint density at radius 2 is 2.00 bits per heavy atom. The monoisotopic (exact) mass is 324 g/mol. The Bertz CT molecular complexity index is 592. The molecule has 0 saturated heterocycles. The molecule has 1 heterocycles. The van der Waals surface area contributed by atoms with E-state index in [0.29, 0.717) is 17.9 Å². The maximum atomic E-state index is 12.9. The molecule has 2 rings (SSSR count). The van der Waals surface area contributed by atoms with Gasteiger partial charge in [0.05, 0.1) is 0 Å². The number of aromatic nitrogens is 1. The van der Waals surface area contributed by atoms with Crippen LogP contribution in [0.25, 0.3) is 0 Å². The van der Waals surface area contributed by atoms with Crippen LogP contribution in [0.4, 0.5) is 10.1 Å². The van der Waals surface area contributed by atoms with Gasteiger partial charge in [0.25, 0.3) is 5.91 Å². The molecule has 0 aliphatic carbocycles. The summed E-state index contributed by atoms with van der Waals surface area (Å²) in [5, 5.41) is 0. The lowest BCUT2D eigenvalue weighted by atomic mass is 10.2. The Morgan fingerprint density at radius 3 is 2.47 bits per heavy atom. The quantitative estimate of drug-likeness (QED) is 0.847. The average Bonchev–Trinajstić information content (AvgIpc) is 2.71. The van der Waals surface area contributed by atoms with E-state index in [0.717, 1.165) is 4.47 Å². The fourth-order valence-corrected chi connectivity index (χ4v) is 2.46. The number of carbonyl (C=O) groups is 1. The predicted octanol–water partition coefficient (Wildman–Crippen LogP) is 3.59. The molecule has 0 saturated carbocycles. The number of amides is 1. The molecule has 0 bridgehead atoms. The summed E-state index contributed by atoms with van der Waals surface area (Å²) >= 11 is 3.35. The minimum absolute atomic E-state index is 0.109. The lowest BCUT2D eigenvalue weighted by Gasteiger charge is -2.21. The molecule has 0 aliphatic heterocycles. The third-order valence-corrected chi connectivity index (χ3v) is 3.32. The minimum Gasteiger partial charge on any atom is -0.345 e. The summed E-state index contributed by atoms with van der Waals surface area (Å²) in [5.41, 5.74) is 1.27. The molecule has 2 aromatic rings. The van der Waals surface area contributed by atoms with E-state index in [1.54, 1.807) is 27.7 Å². The van der Waals surface area contributed by atoms with Gasteiger partial charge in [0.2, 0.25) is 0 Å². The molecule has 3 nitrogen and oxygen atoms in total. The number of carbonyl (C=O) groups excluding carboxylic acids is 1. The van der Waals surface area contributed by atoms with Gasteiger partial charge < -0.3 is 9.47 Å². The maximum Gasteiger partial charge on any atom is 0.274 e. The Morgan fingerprint density at radius 1 is 1.37 bits per heavy atom. The summed E-state index contributed by atoms with van der Waals surface area (Å²) in [6.07, 6.45) is 1.83. The second kappa shape index (κ2) is 5.57. The molecule has 5 heteroatoms. The van der Waals surface area contributed by atoms with Crippen LogP contribution in [0.2, 0.25) is 0 Å². The van der Waals surface area contributed by atoms with Crippen molar-refractivity contribution in [1.82, 2.24) is 4.57 Å². The van der Waals surface area contributed by atoms with E-state index in [9.17, 15) is 9.18 Å². The first-order chi connectivity index (χ1) is 9.02. The normalized spacial score (nSPS) is 10.5. The van der Waals surface area contributed by atoms with E-state index >= 15 is 0 Å². The SMILES string of the molecule is CCN(C(=O)c1cc(Br)cn1C)c1ccc(F)cc1. The van der Waals surface area contributed by atoms with Crippen molar-refractivity contribution in [2.24, 2.45) is 7.05 Å². The van der Waals surface area contributed by atoms with E-state index in [2.05, 4.69) is 15.9 Å². The highest BCUT2D eigenvalue weighted by Crippen LogP contribution is 2.20. The predicted molar refractivity (Wildman–Crippen MR) is 76.9 cm³/mol. The topological polar surface area (TPSA) is 25.2 Å². The average molecular weight is 325 g/mol. The van der Waals surface area contributed by atoms with Crippen LogP contribution in [-0.4, -0.2) is 17.0 Å². The Balaban J connectivity index is 2.34. The number of anilines is 1. The lowest BCUT2D eigenvalue weighted by molar-refractivity contribution is 0.0980. The second-order valence-corrected chi connectivity index (χ2v) is 5.10. The van der Waals surface area contributed by atoms with Crippen LogP contribution in [0.5, 0.6) is 0 Å². The van der Waals surface area contributed by atoms with Gasteiger partial charge >= 0.3 is 0 Å². The molecular weight excluding hydrogens is 311 g/mol. The van der Waals surface area contributed by atoms with Crippen molar-refractivity contribution in [3.8, 4) is 0 Å². The Labute approximate surface area is 119 Å². The highest BCUT2D eigenvalue weighted by atomic mass is 79.9. The molecule has 0 fully saturated rings. The zero-order valence-corrected chi connectivity index (χ0v) is 12.3. The summed E-state index contributed by atoms with van der Waals surface area (Å²) in [7, 11) is 1.82. The third kappa shape index (κ3) is 2.87. The number of halogens is 2. The molecule has 1 aromatic heterocycles. The van der Waals surface area contributed by atoms with E-state index in [1.807, 2.05) is 20.2 Å². The van der Waals surface area contributed by atoms with Crippen LogP contribution >= 0.6 is 15.9 Å². The van der Waals surface area contributed by atoms with Gasteiger partial charge in [-0.3, -0.25) is 4.79 Å². The summed E-state index contributed by atoms with van der Waals surface area (Å²) in [6.45, 7) is 2.41. The molecule has 19 heavy (non-hydrogen) atoms. The van der Waals surface area contributed by atoms with Gasteiger partial charge in [0.15, 0.2) is 0 Å². The molecule has 0 aliphatic rings. The number of hydrogen-bond acceptors (Lipinski definition) is 1. The van der Waals surface area contributed by atoms with Crippen molar-refractivity contribution < 1.29 is 9.18 Å². The lowest BCUT2D eigenvalue weighted by Crippen LogP contribution is -2.31. The van der Waals surface area contributed by atoms with Crippen molar-refractivity contribution in [2.45, 2.75) is 6.92 Å². The maximum absolute atomic E-state index is 12.9. The number of hydrogen-bond donors (Lipinski definition) is 0. The standard InChI is InChI=1S/C14H14BrFN2O/c1-3-18(12-6-4-11(16)5-7-12)14(19)13-8-10(15)9-17(13)2/h4-9H,3H2,1-2H3. The van der Waals surface area contributed by atoms with E-state index in [4.69, 9.17) is 0 Å². The van der Waals surface area contributed by atoms with Crippen molar-refractivity contribution in [2.75, 3.05) is 11.4 Å². The minimum atomic E-state index is -0.311. The molecule has 0 atom stereocenters. The molecule has 100 valence electrons. The van der Waals surface area contributed by atoms with Gasteiger partial charge in [-0.25, -0.2) is 4.39 Å². The van der Waals surface area contributed by atoms with E-state index in [-0.39, 0.29) is 11.7 Å². The molecule has 1 aromatic carbocycles. The zero-order valence-electron chi connectivity index (χ0n) is 10.7. The molecule has 0 N–H and O–H groups in total. The van der Waals surface area contributed by atoms with Crippen LogP contribution in [0.3, 0.4) is 0 Å². The summed E-state index contributed by atoms with van der Waals surface area (Å²) in [4.78, 5) is 14.1. The van der Waals surface area contributed by atoms with Gasteiger partial charge in [-0.15, -0.1) is 0 Å². The van der Waals surface area contributed by atoms with Gasteiger partial charge in [-0.05, 0) is 53.2 Å². The highest BCUT2D eigenvalue weighted by molar-refractivity contribution is 9.10. The van der Waals surface area contributed by atoms with Gasteiger partial charge in [-0.1, -0.05) is 0 Å². The molecular formula is C14H14BrFN2O. The van der Waals surface area contributed by atoms with Crippen LogP contribution < -0.4 is 4.90 Å². The first-order valence-electron chi connectivity index (χ1n) is 5.92. The molecule has 1 amide bonds. The highest BCUT2D eigenvalue weighted by Gasteiger charge is 2.19. The van der Waals surface area contributed by atoms with E-state index in [1.165, 1.54) is 12.1 Å². The van der Waals surface area contributed by atoms with E-state index < -0.39 is 0 Å². The Hall–Kier alpha value is -1.62. The van der Waals surface area contributed by atoms with Crippen molar-refractivity contribution in [3.05, 3.63) is 52.5 Å². The number of benzene rings is 1. The summed E-state index contributed by atoms with van der Waals surface area (Å²) in [5.74, 6) is -0.420. The summed E-state index contributed by atoms with van der Waals surface area (Å²) in [6, 6.07) is 7.69. The molecule has 0 unspecified atom stereocenters. The van der Waals surface area contributed by atoms with Crippen LogP contribution in [0.1, 0.15) is 17.4 Å². The summed E-state index contributed by atoms with van der Waals surface area (Å²) < 4.78 is 15.5. The van der Waals surface area contributed by atoms with Crippen molar-refractivity contribution in [1.29, 1.82) is 0 Å². The number of aryl methyl sites for hydroxylation is 1. The smallest absolute Gasteiger partial charge is 0.274 e. The Kier molecular flexibility index (Phi) is 4.04. The fourth-order valence-electron chi connectivity index (χ4n) is 1.94. The van der Waals surface area contributed by atoms with Crippen LogP contribution in [-0.2, 0) is 7.05 Å². The van der Waals surface area contributed by atoms with Crippen LogP contribution in [0, 0.1) is 5.82 Å². The molecule has 0 spiro atoms. The van der Waals surface area contributed by atoms with Crippen molar-refractivity contribution in [3.63, 3.8) is 0 Å². The van der Waals surface area contributed by atoms with Gasteiger partial charge in [-0.2, -0.15) is 0 Å². The third-order valence-electron chi connectivity index (χ3n) is 2.89.